The molecule has 0 amide bonds. The Morgan fingerprint density at radius 1 is 1.05 bits per heavy atom. The molecule has 3 N–H and O–H groups in total. The van der Waals surface area contributed by atoms with E-state index in [4.69, 9.17) is 10.6 Å². The molecule has 2 aromatic carbocycles. The van der Waals surface area contributed by atoms with Crippen LogP contribution in [0.25, 0.3) is 0 Å². The van der Waals surface area contributed by atoms with Gasteiger partial charge in [0, 0.05) is 5.56 Å². The highest BCUT2D eigenvalue weighted by molar-refractivity contribution is 5.44. The van der Waals surface area contributed by atoms with Gasteiger partial charge in [-0.2, -0.15) is 0 Å². The van der Waals surface area contributed by atoms with E-state index in [-0.39, 0.29) is 5.82 Å². The van der Waals surface area contributed by atoms with Crippen LogP contribution in [0.15, 0.2) is 36.4 Å². The molecule has 1 atom stereocenters. The van der Waals surface area contributed by atoms with Crippen LogP contribution < -0.4 is 16.0 Å². The molecule has 0 aliphatic rings. The van der Waals surface area contributed by atoms with Crippen LogP contribution >= 0.6 is 0 Å². The molecule has 20 heavy (non-hydrogen) atoms. The van der Waals surface area contributed by atoms with Crippen molar-refractivity contribution >= 4 is 0 Å². The third-order valence-electron chi connectivity index (χ3n) is 3.22. The predicted molar refractivity (Wildman–Crippen MR) is 73.3 cm³/mol. The predicted octanol–water partition coefficient (Wildman–Crippen LogP) is 2.83. The van der Waals surface area contributed by atoms with E-state index >= 15 is 0 Å². The summed E-state index contributed by atoms with van der Waals surface area (Å²) in [5.74, 6) is 5.28. The summed E-state index contributed by atoms with van der Waals surface area (Å²) in [6, 6.07) is 7.99. The molecule has 0 saturated carbocycles. The fraction of sp³-hybridized carbons (Fsp3) is 0.200. The van der Waals surface area contributed by atoms with Gasteiger partial charge in [-0.25, -0.2) is 14.2 Å². The van der Waals surface area contributed by atoms with E-state index in [0.29, 0.717) is 16.9 Å². The van der Waals surface area contributed by atoms with Gasteiger partial charge in [-0.3, -0.25) is 5.84 Å². The molecule has 106 valence electrons. The summed E-state index contributed by atoms with van der Waals surface area (Å²) in [7, 11) is 1.49. The zero-order valence-electron chi connectivity index (χ0n) is 11.3. The minimum absolute atomic E-state index is 0.374. The standard InChI is InChI=1S/C15H16F2N2O/c1-9-3-4-10(16)7-12(9)15(19-18)13-8-11(17)5-6-14(13)20-2/h3-8,15,19H,18H2,1-2H3. The van der Waals surface area contributed by atoms with E-state index in [2.05, 4.69) is 5.43 Å². The third kappa shape index (κ3) is 2.79. The Morgan fingerprint density at radius 3 is 2.25 bits per heavy atom. The van der Waals surface area contributed by atoms with Crippen molar-refractivity contribution in [2.45, 2.75) is 13.0 Å². The first-order chi connectivity index (χ1) is 9.56. The number of methoxy groups -OCH3 is 1. The Balaban J connectivity index is 2.57. The molecule has 1 unspecified atom stereocenters. The van der Waals surface area contributed by atoms with Crippen molar-refractivity contribution in [1.82, 2.24) is 5.43 Å². The van der Waals surface area contributed by atoms with Gasteiger partial charge in [0.1, 0.15) is 17.4 Å². The number of hydrazine groups is 1. The monoisotopic (exact) mass is 278 g/mol. The smallest absolute Gasteiger partial charge is 0.124 e. The molecule has 5 heteroatoms. The van der Waals surface area contributed by atoms with E-state index in [1.54, 1.807) is 6.07 Å². The molecule has 0 radical (unpaired) electrons. The first-order valence-electron chi connectivity index (χ1n) is 6.12. The zero-order chi connectivity index (χ0) is 14.7. The molecule has 0 aliphatic heterocycles. The Morgan fingerprint density at radius 2 is 1.65 bits per heavy atom. The summed E-state index contributed by atoms with van der Waals surface area (Å²) < 4.78 is 32.1. The molecule has 0 spiro atoms. The highest BCUT2D eigenvalue weighted by Gasteiger charge is 2.20. The van der Waals surface area contributed by atoms with Crippen LogP contribution in [0.2, 0.25) is 0 Å². The quantitative estimate of drug-likeness (QED) is 0.668. The molecular weight excluding hydrogens is 262 g/mol. The van der Waals surface area contributed by atoms with Gasteiger partial charge in [0.15, 0.2) is 0 Å². The lowest BCUT2D eigenvalue weighted by Gasteiger charge is -2.21. The third-order valence-corrected chi connectivity index (χ3v) is 3.22. The Hall–Kier alpha value is -1.98. The maximum Gasteiger partial charge on any atom is 0.124 e. The van der Waals surface area contributed by atoms with Gasteiger partial charge in [-0.05, 0) is 48.4 Å². The number of nitrogens with two attached hydrogens (primary N) is 1. The minimum atomic E-state index is -0.559. The molecule has 2 rings (SSSR count). The topological polar surface area (TPSA) is 47.3 Å². The van der Waals surface area contributed by atoms with E-state index in [9.17, 15) is 8.78 Å². The second-order valence-electron chi connectivity index (χ2n) is 4.49. The van der Waals surface area contributed by atoms with Crippen molar-refractivity contribution in [3.8, 4) is 5.75 Å². The number of hydrogen-bond acceptors (Lipinski definition) is 3. The van der Waals surface area contributed by atoms with Crippen LogP contribution in [0.5, 0.6) is 5.75 Å². The van der Waals surface area contributed by atoms with Crippen molar-refractivity contribution < 1.29 is 13.5 Å². The highest BCUT2D eigenvalue weighted by atomic mass is 19.1. The maximum atomic E-state index is 13.5. The van der Waals surface area contributed by atoms with Gasteiger partial charge in [0.2, 0.25) is 0 Å². The number of benzene rings is 2. The van der Waals surface area contributed by atoms with Crippen LogP contribution in [-0.2, 0) is 0 Å². The molecule has 2 aromatic rings. The molecule has 0 fully saturated rings. The summed E-state index contributed by atoms with van der Waals surface area (Å²) >= 11 is 0. The first-order valence-corrected chi connectivity index (χ1v) is 6.12. The van der Waals surface area contributed by atoms with Crippen LogP contribution in [0.1, 0.15) is 22.7 Å². The summed E-state index contributed by atoms with van der Waals surface area (Å²) in [5.41, 5.74) is 4.59. The zero-order valence-corrected chi connectivity index (χ0v) is 11.3. The van der Waals surface area contributed by atoms with Gasteiger partial charge in [0.05, 0.1) is 13.2 Å². The van der Waals surface area contributed by atoms with E-state index in [0.717, 1.165) is 5.56 Å². The van der Waals surface area contributed by atoms with Crippen molar-refractivity contribution in [2.75, 3.05) is 7.11 Å². The number of rotatable bonds is 4. The number of halogens is 2. The molecule has 0 saturated heterocycles. The van der Waals surface area contributed by atoms with Crippen molar-refractivity contribution in [3.63, 3.8) is 0 Å². The van der Waals surface area contributed by atoms with Crippen molar-refractivity contribution in [2.24, 2.45) is 5.84 Å². The minimum Gasteiger partial charge on any atom is -0.496 e. The molecule has 3 nitrogen and oxygen atoms in total. The lowest BCUT2D eigenvalue weighted by atomic mass is 9.94. The van der Waals surface area contributed by atoms with E-state index < -0.39 is 11.9 Å². The van der Waals surface area contributed by atoms with Gasteiger partial charge >= 0.3 is 0 Å². The Bertz CT molecular complexity index is 617. The second-order valence-corrected chi connectivity index (χ2v) is 4.49. The van der Waals surface area contributed by atoms with Crippen LogP contribution in [-0.4, -0.2) is 7.11 Å². The van der Waals surface area contributed by atoms with Gasteiger partial charge < -0.3 is 4.74 Å². The van der Waals surface area contributed by atoms with Crippen molar-refractivity contribution in [1.29, 1.82) is 0 Å². The second kappa shape index (κ2) is 5.98. The molecule has 0 aromatic heterocycles. The van der Waals surface area contributed by atoms with Gasteiger partial charge in [-0.15, -0.1) is 0 Å². The summed E-state index contributed by atoms with van der Waals surface area (Å²) in [6.07, 6.45) is 0. The van der Waals surface area contributed by atoms with Crippen molar-refractivity contribution in [3.05, 3.63) is 64.7 Å². The van der Waals surface area contributed by atoms with E-state index in [1.807, 2.05) is 6.92 Å². The maximum absolute atomic E-state index is 13.5. The normalized spacial score (nSPS) is 12.2. The number of ether oxygens (including phenoxy) is 1. The van der Waals surface area contributed by atoms with Crippen LogP contribution in [0, 0.1) is 18.6 Å². The summed E-state index contributed by atoms with van der Waals surface area (Å²) in [6.45, 7) is 1.84. The average Bonchev–Trinajstić information content (AvgIpc) is 2.44. The van der Waals surface area contributed by atoms with E-state index in [1.165, 1.54) is 37.4 Å². The fourth-order valence-corrected chi connectivity index (χ4v) is 2.20. The number of aryl methyl sites for hydroxylation is 1. The largest absolute Gasteiger partial charge is 0.496 e. The Kier molecular flexibility index (Phi) is 4.32. The molecular formula is C15H16F2N2O. The first kappa shape index (κ1) is 14.4. The van der Waals surface area contributed by atoms with Crippen LogP contribution in [0.4, 0.5) is 8.78 Å². The fourth-order valence-electron chi connectivity index (χ4n) is 2.20. The summed E-state index contributed by atoms with van der Waals surface area (Å²) in [4.78, 5) is 0. The number of hydrogen-bond donors (Lipinski definition) is 2. The SMILES string of the molecule is COc1ccc(F)cc1C(NN)c1cc(F)ccc1C. The Labute approximate surface area is 116 Å². The van der Waals surface area contributed by atoms with Gasteiger partial charge in [-0.1, -0.05) is 6.07 Å². The summed E-state index contributed by atoms with van der Waals surface area (Å²) in [5, 5.41) is 0. The number of nitrogens with one attached hydrogen (secondary N) is 1. The highest BCUT2D eigenvalue weighted by Crippen LogP contribution is 2.32. The molecule has 0 aliphatic carbocycles. The van der Waals surface area contributed by atoms with Crippen LogP contribution in [0.3, 0.4) is 0 Å². The molecule has 0 heterocycles. The lowest BCUT2D eigenvalue weighted by molar-refractivity contribution is 0.402. The lowest BCUT2D eigenvalue weighted by Crippen LogP contribution is -2.30. The molecule has 0 bridgehead atoms. The average molecular weight is 278 g/mol. The van der Waals surface area contributed by atoms with Gasteiger partial charge in [0.25, 0.3) is 0 Å².